The third-order valence-corrected chi connectivity index (χ3v) is 4.70. The molecule has 1 amide bonds. The first kappa shape index (κ1) is 21.7. The topological polar surface area (TPSA) is 98.5 Å². The molecule has 3 aromatic rings. The Kier molecular flexibility index (Phi) is 7.11. The molecule has 0 unspecified atom stereocenters. The number of nitrogens with zero attached hydrogens (tertiary/aromatic N) is 1. The molecule has 0 saturated carbocycles. The predicted molar refractivity (Wildman–Crippen MR) is 116 cm³/mol. The highest BCUT2D eigenvalue weighted by molar-refractivity contribution is 5.94. The number of carbonyl (C=O) groups is 2. The van der Waals surface area contributed by atoms with Gasteiger partial charge in [0.05, 0.1) is 10.5 Å². The van der Waals surface area contributed by atoms with Gasteiger partial charge in [-0.15, -0.1) is 0 Å². The molecule has 7 heteroatoms. The second-order valence-corrected chi connectivity index (χ2v) is 6.96. The molecule has 0 aliphatic rings. The van der Waals surface area contributed by atoms with E-state index in [2.05, 4.69) is 5.32 Å². The Morgan fingerprint density at radius 2 is 1.65 bits per heavy atom. The van der Waals surface area contributed by atoms with Crippen molar-refractivity contribution in [3.8, 4) is 11.1 Å². The molecule has 3 rings (SSSR count). The Hall–Kier alpha value is -4.00. The summed E-state index contributed by atoms with van der Waals surface area (Å²) in [5, 5.41) is 14.4. The van der Waals surface area contributed by atoms with E-state index in [1.807, 2.05) is 36.4 Å². The lowest BCUT2D eigenvalue weighted by Gasteiger charge is -2.08. The number of hydrogen-bond acceptors (Lipinski definition) is 5. The molecule has 0 fully saturated rings. The Labute approximate surface area is 179 Å². The van der Waals surface area contributed by atoms with Gasteiger partial charge in [-0.1, -0.05) is 48.5 Å². The molecule has 0 aromatic heterocycles. The van der Waals surface area contributed by atoms with Gasteiger partial charge in [-0.2, -0.15) is 0 Å². The minimum absolute atomic E-state index is 0.0402. The number of benzene rings is 3. The van der Waals surface area contributed by atoms with Crippen LogP contribution < -0.4 is 5.32 Å². The normalized spacial score (nSPS) is 10.4. The predicted octanol–water partition coefficient (Wildman–Crippen LogP) is 4.30. The summed E-state index contributed by atoms with van der Waals surface area (Å²) in [7, 11) is 0. The van der Waals surface area contributed by atoms with Crippen LogP contribution in [0.25, 0.3) is 11.1 Å². The maximum Gasteiger partial charge on any atom is 0.302 e. The van der Waals surface area contributed by atoms with Gasteiger partial charge in [-0.25, -0.2) is 0 Å². The van der Waals surface area contributed by atoms with E-state index in [1.165, 1.54) is 6.92 Å². The van der Waals surface area contributed by atoms with Crippen molar-refractivity contribution in [3.05, 3.63) is 99.6 Å². The number of ether oxygens (including phenoxy) is 1. The van der Waals surface area contributed by atoms with Crippen LogP contribution in [0.5, 0.6) is 0 Å². The smallest absolute Gasteiger partial charge is 0.302 e. The van der Waals surface area contributed by atoms with Gasteiger partial charge in [0.1, 0.15) is 6.61 Å². The first-order valence-electron chi connectivity index (χ1n) is 9.77. The molecule has 7 nitrogen and oxygen atoms in total. The van der Waals surface area contributed by atoms with Crippen molar-refractivity contribution < 1.29 is 19.2 Å². The molecule has 31 heavy (non-hydrogen) atoms. The Bertz CT molecular complexity index is 1080. The zero-order valence-corrected chi connectivity index (χ0v) is 17.0. The van der Waals surface area contributed by atoms with Crippen molar-refractivity contribution in [2.45, 2.75) is 20.0 Å². The number of nitro benzene ring substituents is 1. The van der Waals surface area contributed by atoms with E-state index in [-0.39, 0.29) is 29.1 Å². The van der Waals surface area contributed by atoms with Gasteiger partial charge >= 0.3 is 5.97 Å². The van der Waals surface area contributed by atoms with Crippen molar-refractivity contribution in [2.75, 3.05) is 6.54 Å². The van der Waals surface area contributed by atoms with Gasteiger partial charge < -0.3 is 10.1 Å². The van der Waals surface area contributed by atoms with Crippen molar-refractivity contribution in [1.82, 2.24) is 5.32 Å². The molecular weight excluding hydrogens is 396 g/mol. The van der Waals surface area contributed by atoms with E-state index in [4.69, 9.17) is 4.74 Å². The van der Waals surface area contributed by atoms with Crippen molar-refractivity contribution >= 4 is 17.6 Å². The van der Waals surface area contributed by atoms with E-state index in [0.29, 0.717) is 24.1 Å². The summed E-state index contributed by atoms with van der Waals surface area (Å²) in [5.41, 5.74) is 3.43. The second kappa shape index (κ2) is 10.2. The van der Waals surface area contributed by atoms with E-state index >= 15 is 0 Å². The van der Waals surface area contributed by atoms with E-state index in [9.17, 15) is 19.7 Å². The number of carbonyl (C=O) groups excluding carboxylic acids is 2. The van der Waals surface area contributed by atoms with Crippen molar-refractivity contribution in [2.24, 2.45) is 0 Å². The van der Waals surface area contributed by atoms with E-state index in [1.54, 1.807) is 36.4 Å². The van der Waals surface area contributed by atoms with Crippen LogP contribution >= 0.6 is 0 Å². The molecule has 0 bridgehead atoms. The minimum atomic E-state index is -0.387. The number of hydrogen-bond donors (Lipinski definition) is 1. The largest absolute Gasteiger partial charge is 0.461 e. The van der Waals surface area contributed by atoms with Crippen LogP contribution in [-0.4, -0.2) is 23.3 Å². The first-order chi connectivity index (χ1) is 14.9. The lowest BCUT2D eigenvalue weighted by atomic mass is 10.0. The fraction of sp³-hybridized carbons (Fsp3) is 0.167. The first-order valence-corrected chi connectivity index (χ1v) is 9.77. The monoisotopic (exact) mass is 418 g/mol. The molecule has 0 atom stereocenters. The third-order valence-electron chi connectivity index (χ3n) is 4.70. The van der Waals surface area contributed by atoms with Crippen LogP contribution in [0.2, 0.25) is 0 Å². The quantitative estimate of drug-likeness (QED) is 0.334. The molecule has 0 spiro atoms. The average molecular weight is 418 g/mol. The highest BCUT2D eigenvalue weighted by Gasteiger charge is 2.16. The van der Waals surface area contributed by atoms with Crippen LogP contribution in [0.1, 0.15) is 28.4 Å². The van der Waals surface area contributed by atoms with Gasteiger partial charge in [0.2, 0.25) is 0 Å². The second-order valence-electron chi connectivity index (χ2n) is 6.96. The highest BCUT2D eigenvalue weighted by atomic mass is 16.6. The fourth-order valence-corrected chi connectivity index (χ4v) is 3.11. The van der Waals surface area contributed by atoms with Crippen LogP contribution in [-0.2, 0) is 22.6 Å². The molecule has 0 radical (unpaired) electrons. The number of nitrogens with one attached hydrogen (secondary N) is 1. The lowest BCUT2D eigenvalue weighted by molar-refractivity contribution is -0.384. The summed E-state index contributed by atoms with van der Waals surface area (Å²) in [5.74, 6) is -0.603. The third kappa shape index (κ3) is 5.99. The van der Waals surface area contributed by atoms with Crippen LogP contribution in [0, 0.1) is 10.1 Å². The molecule has 158 valence electrons. The van der Waals surface area contributed by atoms with Crippen molar-refractivity contribution in [1.29, 1.82) is 0 Å². The molecule has 0 saturated heterocycles. The minimum Gasteiger partial charge on any atom is -0.461 e. The highest BCUT2D eigenvalue weighted by Crippen LogP contribution is 2.30. The van der Waals surface area contributed by atoms with Crippen molar-refractivity contribution in [3.63, 3.8) is 0 Å². The molecule has 3 aromatic carbocycles. The zero-order valence-electron chi connectivity index (χ0n) is 17.0. The van der Waals surface area contributed by atoms with Crippen LogP contribution in [0.15, 0.2) is 72.8 Å². The molecule has 0 aliphatic heterocycles. The standard InChI is InChI=1S/C24H22N2O5/c1-17(27)31-16-19-7-10-21(11-8-19)24(28)25-14-13-18-9-12-22(23(15-18)26(29)30)20-5-3-2-4-6-20/h2-12,15H,13-14,16H2,1H3,(H,25,28). The molecular formula is C24H22N2O5. The summed E-state index contributed by atoms with van der Waals surface area (Å²) in [6.45, 7) is 1.84. The maximum atomic E-state index is 12.3. The lowest BCUT2D eigenvalue weighted by Crippen LogP contribution is -2.25. The molecule has 0 heterocycles. The van der Waals surface area contributed by atoms with Gasteiger partial charge in [0.15, 0.2) is 0 Å². The number of rotatable bonds is 8. The van der Waals surface area contributed by atoms with Crippen LogP contribution in [0.4, 0.5) is 5.69 Å². The number of nitro groups is 1. The Morgan fingerprint density at radius 3 is 2.29 bits per heavy atom. The Balaban J connectivity index is 1.60. The maximum absolute atomic E-state index is 12.3. The molecule has 1 N–H and O–H groups in total. The Morgan fingerprint density at radius 1 is 0.968 bits per heavy atom. The summed E-state index contributed by atoms with van der Waals surface area (Å²) in [4.78, 5) is 34.3. The zero-order chi connectivity index (χ0) is 22.2. The molecule has 0 aliphatic carbocycles. The number of esters is 1. The average Bonchev–Trinajstić information content (AvgIpc) is 2.78. The van der Waals surface area contributed by atoms with Gasteiger partial charge in [0, 0.05) is 25.1 Å². The SMILES string of the molecule is CC(=O)OCc1ccc(C(=O)NCCc2ccc(-c3ccccc3)c([N+](=O)[O-])c2)cc1. The summed E-state index contributed by atoms with van der Waals surface area (Å²) in [6.07, 6.45) is 0.464. The number of amides is 1. The van der Waals surface area contributed by atoms with Crippen LogP contribution in [0.3, 0.4) is 0 Å². The van der Waals surface area contributed by atoms with E-state index < -0.39 is 0 Å². The summed E-state index contributed by atoms with van der Waals surface area (Å²) >= 11 is 0. The summed E-state index contributed by atoms with van der Waals surface area (Å²) < 4.78 is 4.92. The van der Waals surface area contributed by atoms with Gasteiger partial charge in [-0.3, -0.25) is 19.7 Å². The van der Waals surface area contributed by atoms with Gasteiger partial charge in [-0.05, 0) is 41.3 Å². The fourth-order valence-electron chi connectivity index (χ4n) is 3.11. The van der Waals surface area contributed by atoms with Gasteiger partial charge in [0.25, 0.3) is 11.6 Å². The summed E-state index contributed by atoms with van der Waals surface area (Å²) in [6, 6.07) is 21.1. The van der Waals surface area contributed by atoms with E-state index in [0.717, 1.165) is 16.7 Å².